The van der Waals surface area contributed by atoms with Gasteiger partial charge in [-0.3, -0.25) is 4.79 Å². The van der Waals surface area contributed by atoms with Crippen LogP contribution in [0.4, 0.5) is 0 Å². The van der Waals surface area contributed by atoms with Crippen LogP contribution >= 0.6 is 11.6 Å². The molecule has 1 aliphatic carbocycles. The molecule has 1 amide bonds. The fourth-order valence-electron chi connectivity index (χ4n) is 4.13. The van der Waals surface area contributed by atoms with Crippen molar-refractivity contribution < 1.29 is 4.79 Å². The van der Waals surface area contributed by atoms with Crippen molar-refractivity contribution in [3.63, 3.8) is 0 Å². The molecular formula is C16H21ClN2O. The lowest BCUT2D eigenvalue weighted by atomic mass is 9.54. The third kappa shape index (κ3) is 2.13. The Morgan fingerprint density at radius 2 is 2.15 bits per heavy atom. The number of nitrogens with one attached hydrogen (secondary N) is 2. The molecule has 1 heterocycles. The second-order valence-corrected chi connectivity index (χ2v) is 6.86. The molecule has 0 radical (unpaired) electrons. The number of amides is 1. The lowest BCUT2D eigenvalue weighted by Gasteiger charge is -2.55. The summed E-state index contributed by atoms with van der Waals surface area (Å²) in [6.07, 6.45) is 3.22. The molecule has 1 aromatic rings. The summed E-state index contributed by atoms with van der Waals surface area (Å²) >= 11 is 6.26. The van der Waals surface area contributed by atoms with Crippen molar-refractivity contribution in [2.45, 2.75) is 38.6 Å². The Bertz CT molecular complexity index is 541. The monoisotopic (exact) mass is 292 g/mol. The zero-order valence-electron chi connectivity index (χ0n) is 12.1. The SMILES string of the molecule is CC(=O)NC1(c2cccc(Cl)c2C)CC2(CCNC2)C1. The average Bonchev–Trinajstić information content (AvgIpc) is 2.80. The quantitative estimate of drug-likeness (QED) is 0.880. The van der Waals surface area contributed by atoms with Crippen molar-refractivity contribution >= 4 is 17.5 Å². The zero-order valence-corrected chi connectivity index (χ0v) is 12.8. The highest BCUT2D eigenvalue weighted by Gasteiger charge is 2.57. The fraction of sp³-hybridized carbons (Fsp3) is 0.562. The van der Waals surface area contributed by atoms with Gasteiger partial charge in [0.25, 0.3) is 0 Å². The Hall–Kier alpha value is -1.06. The van der Waals surface area contributed by atoms with Crippen molar-refractivity contribution in [3.8, 4) is 0 Å². The van der Waals surface area contributed by atoms with E-state index < -0.39 is 0 Å². The van der Waals surface area contributed by atoms with Crippen LogP contribution in [0, 0.1) is 12.3 Å². The van der Waals surface area contributed by atoms with Crippen molar-refractivity contribution in [2.24, 2.45) is 5.41 Å². The molecule has 0 aromatic heterocycles. The van der Waals surface area contributed by atoms with Gasteiger partial charge in [-0.2, -0.15) is 0 Å². The van der Waals surface area contributed by atoms with Gasteiger partial charge in [0.2, 0.25) is 5.91 Å². The topological polar surface area (TPSA) is 41.1 Å². The maximum absolute atomic E-state index is 11.7. The van der Waals surface area contributed by atoms with Crippen LogP contribution in [-0.2, 0) is 10.3 Å². The Morgan fingerprint density at radius 1 is 1.40 bits per heavy atom. The first kappa shape index (κ1) is 13.9. The summed E-state index contributed by atoms with van der Waals surface area (Å²) in [6.45, 7) is 5.79. The Labute approximate surface area is 125 Å². The maximum Gasteiger partial charge on any atom is 0.217 e. The molecule has 1 aromatic carbocycles. The van der Waals surface area contributed by atoms with Crippen molar-refractivity contribution in [3.05, 3.63) is 34.3 Å². The second kappa shape index (κ2) is 4.74. The number of halogens is 1. The summed E-state index contributed by atoms with van der Waals surface area (Å²) in [6, 6.07) is 5.99. The minimum Gasteiger partial charge on any atom is -0.347 e. The number of carbonyl (C=O) groups excluding carboxylic acids is 1. The van der Waals surface area contributed by atoms with Crippen LogP contribution in [0.5, 0.6) is 0 Å². The molecule has 1 saturated heterocycles. The van der Waals surface area contributed by atoms with Gasteiger partial charge in [0, 0.05) is 18.5 Å². The Kier molecular flexibility index (Phi) is 3.30. The lowest BCUT2D eigenvalue weighted by molar-refractivity contribution is -0.124. The van der Waals surface area contributed by atoms with E-state index in [0.717, 1.165) is 36.5 Å². The third-order valence-electron chi connectivity index (χ3n) is 4.88. The van der Waals surface area contributed by atoms with Gasteiger partial charge in [0.15, 0.2) is 0 Å². The number of rotatable bonds is 2. The molecular weight excluding hydrogens is 272 g/mol. The maximum atomic E-state index is 11.7. The van der Waals surface area contributed by atoms with Crippen LogP contribution in [0.2, 0.25) is 5.02 Å². The molecule has 2 aliphatic rings. The van der Waals surface area contributed by atoms with Crippen LogP contribution in [0.3, 0.4) is 0 Å². The van der Waals surface area contributed by atoms with Gasteiger partial charge in [0.1, 0.15) is 0 Å². The van der Waals surface area contributed by atoms with E-state index in [9.17, 15) is 4.79 Å². The number of carbonyl (C=O) groups is 1. The number of hydrogen-bond donors (Lipinski definition) is 2. The van der Waals surface area contributed by atoms with Crippen LogP contribution in [0.1, 0.15) is 37.3 Å². The normalized spacial score (nSPS) is 32.1. The van der Waals surface area contributed by atoms with Crippen LogP contribution in [0.25, 0.3) is 0 Å². The largest absolute Gasteiger partial charge is 0.347 e. The molecule has 2 fully saturated rings. The van der Waals surface area contributed by atoms with E-state index in [2.05, 4.69) is 16.7 Å². The summed E-state index contributed by atoms with van der Waals surface area (Å²) in [7, 11) is 0. The van der Waals surface area contributed by atoms with E-state index >= 15 is 0 Å². The molecule has 1 spiro atoms. The van der Waals surface area contributed by atoms with Gasteiger partial charge in [-0.25, -0.2) is 0 Å². The lowest BCUT2D eigenvalue weighted by Crippen LogP contribution is -2.60. The Balaban J connectivity index is 1.95. The number of hydrogen-bond acceptors (Lipinski definition) is 2. The van der Waals surface area contributed by atoms with E-state index in [0.29, 0.717) is 5.41 Å². The van der Waals surface area contributed by atoms with Gasteiger partial charge in [0.05, 0.1) is 5.54 Å². The molecule has 3 nitrogen and oxygen atoms in total. The summed E-state index contributed by atoms with van der Waals surface area (Å²) in [4.78, 5) is 11.7. The molecule has 20 heavy (non-hydrogen) atoms. The molecule has 1 aliphatic heterocycles. The van der Waals surface area contributed by atoms with Crippen LogP contribution < -0.4 is 10.6 Å². The molecule has 0 atom stereocenters. The van der Waals surface area contributed by atoms with E-state index in [4.69, 9.17) is 11.6 Å². The smallest absolute Gasteiger partial charge is 0.217 e. The van der Waals surface area contributed by atoms with Crippen molar-refractivity contribution in [1.29, 1.82) is 0 Å². The minimum absolute atomic E-state index is 0.0326. The Morgan fingerprint density at radius 3 is 2.75 bits per heavy atom. The zero-order chi connectivity index (χ0) is 14.4. The minimum atomic E-state index is -0.229. The standard InChI is InChI=1S/C16H21ClN2O/c1-11-13(4-3-5-14(11)17)16(19-12(2)20)8-15(9-16)6-7-18-10-15/h3-5,18H,6-10H2,1-2H3,(H,19,20). The van der Waals surface area contributed by atoms with Crippen LogP contribution in [0.15, 0.2) is 18.2 Å². The van der Waals surface area contributed by atoms with Crippen molar-refractivity contribution in [2.75, 3.05) is 13.1 Å². The van der Waals surface area contributed by atoms with Crippen molar-refractivity contribution in [1.82, 2.24) is 10.6 Å². The number of benzene rings is 1. The van der Waals surface area contributed by atoms with Gasteiger partial charge in [-0.15, -0.1) is 0 Å². The fourth-order valence-corrected chi connectivity index (χ4v) is 4.31. The first-order valence-electron chi connectivity index (χ1n) is 7.22. The summed E-state index contributed by atoms with van der Waals surface area (Å²) < 4.78 is 0. The van der Waals surface area contributed by atoms with Gasteiger partial charge in [-0.05, 0) is 55.3 Å². The molecule has 4 heteroatoms. The molecule has 3 rings (SSSR count). The van der Waals surface area contributed by atoms with Gasteiger partial charge >= 0.3 is 0 Å². The van der Waals surface area contributed by atoms with Gasteiger partial charge < -0.3 is 10.6 Å². The molecule has 0 unspecified atom stereocenters. The van der Waals surface area contributed by atoms with E-state index in [1.807, 2.05) is 19.1 Å². The molecule has 2 N–H and O–H groups in total. The van der Waals surface area contributed by atoms with E-state index in [-0.39, 0.29) is 11.4 Å². The highest BCUT2D eigenvalue weighted by Crippen LogP contribution is 2.57. The summed E-state index contributed by atoms with van der Waals surface area (Å²) in [5, 5.41) is 7.42. The summed E-state index contributed by atoms with van der Waals surface area (Å²) in [5.41, 5.74) is 2.39. The van der Waals surface area contributed by atoms with E-state index in [1.165, 1.54) is 12.0 Å². The first-order valence-corrected chi connectivity index (χ1v) is 7.59. The highest BCUT2D eigenvalue weighted by molar-refractivity contribution is 6.31. The molecule has 0 bridgehead atoms. The third-order valence-corrected chi connectivity index (χ3v) is 5.29. The molecule has 108 valence electrons. The summed E-state index contributed by atoms with van der Waals surface area (Å²) in [5.74, 6) is 0.0326. The highest BCUT2D eigenvalue weighted by atomic mass is 35.5. The molecule has 1 saturated carbocycles. The predicted molar refractivity (Wildman–Crippen MR) is 80.8 cm³/mol. The van der Waals surface area contributed by atoms with E-state index in [1.54, 1.807) is 6.92 Å². The predicted octanol–water partition coefficient (Wildman–Crippen LogP) is 2.75. The average molecular weight is 293 g/mol. The van der Waals surface area contributed by atoms with Crippen LogP contribution in [-0.4, -0.2) is 19.0 Å². The van der Waals surface area contributed by atoms with Gasteiger partial charge in [-0.1, -0.05) is 23.7 Å². The second-order valence-electron chi connectivity index (χ2n) is 6.46. The first-order chi connectivity index (χ1) is 9.46.